The summed E-state index contributed by atoms with van der Waals surface area (Å²) in [5, 5.41) is 8.82. The molecule has 3 N–H and O–H groups in total. The molecule has 0 aromatic heterocycles. The van der Waals surface area contributed by atoms with Gasteiger partial charge in [0.05, 0.1) is 0 Å². The second-order valence-corrected chi connectivity index (χ2v) is 7.96. The molecule has 1 aliphatic carbocycles. The zero-order chi connectivity index (χ0) is 19.8. The highest BCUT2D eigenvalue weighted by molar-refractivity contribution is 5.74. The summed E-state index contributed by atoms with van der Waals surface area (Å²) in [6.45, 7) is 3.58. The quantitative estimate of drug-likeness (QED) is 0.698. The van der Waals surface area contributed by atoms with E-state index in [-0.39, 0.29) is 17.9 Å². The van der Waals surface area contributed by atoms with Crippen LogP contribution in [-0.4, -0.2) is 43.1 Å². The number of benzene rings is 1. The number of carbonyl (C=O) groups excluding carboxylic acids is 2. The summed E-state index contributed by atoms with van der Waals surface area (Å²) in [6, 6.07) is 6.00. The molecule has 0 radical (unpaired) electrons. The smallest absolute Gasteiger partial charge is 0.317 e. The van der Waals surface area contributed by atoms with Crippen molar-refractivity contribution < 1.29 is 14.0 Å². The van der Waals surface area contributed by atoms with E-state index in [9.17, 15) is 14.0 Å². The molecule has 4 amide bonds. The van der Waals surface area contributed by atoms with Gasteiger partial charge in [-0.05, 0) is 68.1 Å². The van der Waals surface area contributed by atoms with Crippen molar-refractivity contribution in [2.24, 2.45) is 11.8 Å². The van der Waals surface area contributed by atoms with E-state index in [2.05, 4.69) is 16.0 Å². The minimum Gasteiger partial charge on any atom is -0.338 e. The van der Waals surface area contributed by atoms with Gasteiger partial charge in [0.1, 0.15) is 5.82 Å². The average molecular weight is 391 g/mol. The van der Waals surface area contributed by atoms with Gasteiger partial charge >= 0.3 is 12.1 Å². The second-order valence-electron chi connectivity index (χ2n) is 7.96. The largest absolute Gasteiger partial charge is 0.338 e. The van der Waals surface area contributed by atoms with E-state index < -0.39 is 0 Å². The molecule has 1 saturated heterocycles. The van der Waals surface area contributed by atoms with Crippen LogP contribution >= 0.6 is 0 Å². The van der Waals surface area contributed by atoms with E-state index in [1.165, 1.54) is 12.1 Å². The molecule has 1 aromatic carbocycles. The number of nitrogens with zero attached hydrogens (tertiary/aromatic N) is 1. The van der Waals surface area contributed by atoms with Gasteiger partial charge in [-0.2, -0.15) is 0 Å². The topological polar surface area (TPSA) is 73.5 Å². The van der Waals surface area contributed by atoms with Crippen molar-refractivity contribution in [1.82, 2.24) is 20.9 Å². The van der Waals surface area contributed by atoms with Gasteiger partial charge in [-0.25, -0.2) is 14.0 Å². The number of amides is 4. The molecule has 2 fully saturated rings. The number of hydrogen-bond donors (Lipinski definition) is 3. The summed E-state index contributed by atoms with van der Waals surface area (Å²) in [6.07, 6.45) is 6.55. The van der Waals surface area contributed by atoms with E-state index in [1.54, 1.807) is 12.1 Å². The Morgan fingerprint density at radius 2 is 1.46 bits per heavy atom. The first-order valence-corrected chi connectivity index (χ1v) is 10.4. The van der Waals surface area contributed by atoms with Crippen LogP contribution in [0.25, 0.3) is 0 Å². The first-order valence-electron chi connectivity index (χ1n) is 10.4. The van der Waals surface area contributed by atoms with E-state index in [1.807, 2.05) is 4.90 Å². The molecule has 7 heteroatoms. The summed E-state index contributed by atoms with van der Waals surface area (Å²) in [4.78, 5) is 25.9. The van der Waals surface area contributed by atoms with Crippen molar-refractivity contribution in [3.8, 4) is 0 Å². The first kappa shape index (κ1) is 20.4. The lowest BCUT2D eigenvalue weighted by Gasteiger charge is -2.29. The van der Waals surface area contributed by atoms with Gasteiger partial charge < -0.3 is 20.9 Å². The molecule has 0 spiro atoms. The highest BCUT2D eigenvalue weighted by Gasteiger charge is 2.23. The van der Waals surface area contributed by atoms with Gasteiger partial charge in [0, 0.05) is 32.7 Å². The molecular formula is C21H31FN4O2. The molecular weight excluding hydrogens is 359 g/mol. The maximum absolute atomic E-state index is 12.9. The molecule has 1 heterocycles. The lowest BCUT2D eigenvalue weighted by Crippen LogP contribution is -2.41. The summed E-state index contributed by atoms with van der Waals surface area (Å²) < 4.78 is 12.9. The third-order valence-electron chi connectivity index (χ3n) is 5.82. The number of urea groups is 2. The third-order valence-corrected chi connectivity index (χ3v) is 5.82. The molecule has 1 aromatic rings. The molecule has 0 unspecified atom stereocenters. The summed E-state index contributed by atoms with van der Waals surface area (Å²) in [5.41, 5.74) is 0.869. The maximum Gasteiger partial charge on any atom is 0.317 e. The van der Waals surface area contributed by atoms with Gasteiger partial charge in [0.2, 0.25) is 0 Å². The van der Waals surface area contributed by atoms with Crippen molar-refractivity contribution in [1.29, 1.82) is 0 Å². The summed E-state index contributed by atoms with van der Waals surface area (Å²) in [5.74, 6) is 0.747. The molecule has 28 heavy (non-hydrogen) atoms. The molecule has 154 valence electrons. The Hall–Kier alpha value is -2.31. The van der Waals surface area contributed by atoms with E-state index in [0.717, 1.165) is 63.7 Å². The average Bonchev–Trinajstić information content (AvgIpc) is 3.26. The molecule has 0 bridgehead atoms. The number of nitrogens with one attached hydrogen (secondary N) is 3. The lowest BCUT2D eigenvalue weighted by atomic mass is 9.82. The van der Waals surface area contributed by atoms with Crippen LogP contribution in [-0.2, 0) is 6.54 Å². The Morgan fingerprint density at radius 3 is 2.07 bits per heavy atom. The number of carbonyl (C=O) groups is 2. The molecule has 2 aliphatic rings. The molecule has 1 aliphatic heterocycles. The van der Waals surface area contributed by atoms with Crippen LogP contribution in [0, 0.1) is 17.7 Å². The van der Waals surface area contributed by atoms with Crippen molar-refractivity contribution in [3.63, 3.8) is 0 Å². The van der Waals surface area contributed by atoms with Gasteiger partial charge in [0.15, 0.2) is 0 Å². The Labute approximate surface area is 166 Å². The van der Waals surface area contributed by atoms with Crippen molar-refractivity contribution in [2.75, 3.05) is 26.2 Å². The number of halogens is 1. The third kappa shape index (κ3) is 6.39. The SMILES string of the molecule is O=C(NCc1ccc(F)cc1)NCC1CCC(CNC(=O)N2CCCC2)CC1. The summed E-state index contributed by atoms with van der Waals surface area (Å²) in [7, 11) is 0. The fourth-order valence-corrected chi connectivity index (χ4v) is 3.99. The van der Waals surface area contributed by atoms with Gasteiger partial charge in [-0.1, -0.05) is 12.1 Å². The Kier molecular flexibility index (Phi) is 7.51. The molecule has 1 saturated carbocycles. The zero-order valence-electron chi connectivity index (χ0n) is 16.4. The Morgan fingerprint density at radius 1 is 0.893 bits per heavy atom. The van der Waals surface area contributed by atoms with Crippen molar-refractivity contribution >= 4 is 12.1 Å². The predicted molar refractivity (Wildman–Crippen MR) is 106 cm³/mol. The monoisotopic (exact) mass is 390 g/mol. The van der Waals surface area contributed by atoms with Crippen LogP contribution in [0.2, 0.25) is 0 Å². The maximum atomic E-state index is 12.9. The first-order chi connectivity index (χ1) is 13.6. The highest BCUT2D eigenvalue weighted by Crippen LogP contribution is 2.28. The second kappa shape index (κ2) is 10.3. The normalized spacial score (nSPS) is 22.0. The van der Waals surface area contributed by atoms with E-state index >= 15 is 0 Å². The minimum absolute atomic E-state index is 0.0825. The fourth-order valence-electron chi connectivity index (χ4n) is 3.99. The van der Waals surface area contributed by atoms with Gasteiger partial charge in [-0.3, -0.25) is 0 Å². The Balaban J connectivity index is 1.26. The van der Waals surface area contributed by atoms with Crippen LogP contribution in [0.4, 0.5) is 14.0 Å². The zero-order valence-corrected chi connectivity index (χ0v) is 16.4. The summed E-state index contributed by atoms with van der Waals surface area (Å²) >= 11 is 0. The fraction of sp³-hybridized carbons (Fsp3) is 0.619. The Bertz CT molecular complexity index is 638. The van der Waals surface area contributed by atoms with Crippen LogP contribution in [0.1, 0.15) is 44.1 Å². The van der Waals surface area contributed by atoms with Crippen LogP contribution < -0.4 is 16.0 Å². The van der Waals surface area contributed by atoms with Crippen molar-refractivity contribution in [3.05, 3.63) is 35.6 Å². The number of rotatable bonds is 6. The van der Waals surface area contributed by atoms with Crippen LogP contribution in [0.3, 0.4) is 0 Å². The van der Waals surface area contributed by atoms with Crippen molar-refractivity contribution in [2.45, 2.75) is 45.1 Å². The standard InChI is InChI=1S/C21H31FN4O2/c22-19-9-7-18(8-10-19)14-24-20(27)23-13-16-3-5-17(6-4-16)15-25-21(28)26-11-1-2-12-26/h7-10,16-17H,1-6,11-15H2,(H,25,28)(H2,23,24,27). The van der Waals surface area contributed by atoms with Crippen LogP contribution in [0.5, 0.6) is 0 Å². The van der Waals surface area contributed by atoms with E-state index in [4.69, 9.17) is 0 Å². The van der Waals surface area contributed by atoms with Crippen LogP contribution in [0.15, 0.2) is 24.3 Å². The number of likely N-dealkylation sites (tertiary alicyclic amines) is 1. The number of hydrogen-bond acceptors (Lipinski definition) is 2. The van der Waals surface area contributed by atoms with Gasteiger partial charge in [-0.15, -0.1) is 0 Å². The minimum atomic E-state index is -0.278. The highest BCUT2D eigenvalue weighted by atomic mass is 19.1. The lowest BCUT2D eigenvalue weighted by molar-refractivity contribution is 0.201. The molecule has 6 nitrogen and oxygen atoms in total. The van der Waals surface area contributed by atoms with Gasteiger partial charge in [0.25, 0.3) is 0 Å². The molecule has 3 rings (SSSR count). The molecule has 0 atom stereocenters. The van der Waals surface area contributed by atoms with E-state index in [0.29, 0.717) is 24.9 Å². The predicted octanol–water partition coefficient (Wildman–Crippen LogP) is 3.24.